The van der Waals surface area contributed by atoms with E-state index in [0.29, 0.717) is 65.6 Å². The number of pyridine rings is 1. The van der Waals surface area contributed by atoms with E-state index < -0.39 is 50.1 Å². The zero-order valence-electron chi connectivity index (χ0n) is 30.4. The third-order valence-corrected chi connectivity index (χ3v) is 14.5. The topological polar surface area (TPSA) is 157 Å². The number of hydrogen-bond donors (Lipinski definition) is 2. The molecule has 280 valence electrons. The second-order valence-electron chi connectivity index (χ2n) is 15.1. The van der Waals surface area contributed by atoms with Crippen LogP contribution in [0.2, 0.25) is 0 Å². The molecular weight excluding hydrogens is 715 g/mol. The number of hydrogen-bond acceptors (Lipinski definition) is 10. The van der Waals surface area contributed by atoms with Crippen molar-refractivity contribution in [3.05, 3.63) is 47.0 Å². The second-order valence-corrected chi connectivity index (χ2v) is 18.1. The van der Waals surface area contributed by atoms with Gasteiger partial charge < -0.3 is 19.7 Å². The lowest BCUT2D eigenvalue weighted by molar-refractivity contribution is -0.145. The fourth-order valence-electron chi connectivity index (χ4n) is 7.61. The van der Waals surface area contributed by atoms with Crippen LogP contribution in [0, 0.1) is 37.0 Å². The van der Waals surface area contributed by atoms with E-state index in [9.17, 15) is 22.8 Å². The number of carbonyl (C=O) groups excluding carboxylic acids is 3. The number of sulfonamides is 1. The highest BCUT2D eigenvalue weighted by atomic mass is 32.2. The van der Waals surface area contributed by atoms with Crippen molar-refractivity contribution >= 4 is 50.0 Å². The van der Waals surface area contributed by atoms with Crippen molar-refractivity contribution in [1.29, 1.82) is 0 Å². The highest BCUT2D eigenvalue weighted by Gasteiger charge is 2.63. The number of thiazole rings is 1. The Bertz CT molecular complexity index is 2150. The summed E-state index contributed by atoms with van der Waals surface area (Å²) in [6.07, 6.45) is 13.7. The molecule has 3 aliphatic carbocycles. The summed E-state index contributed by atoms with van der Waals surface area (Å²) in [4.78, 5) is 53.4. The van der Waals surface area contributed by atoms with E-state index in [2.05, 4.69) is 20.9 Å². The van der Waals surface area contributed by atoms with E-state index in [1.165, 1.54) is 11.3 Å². The van der Waals surface area contributed by atoms with E-state index in [1.54, 1.807) is 31.4 Å². The van der Waals surface area contributed by atoms with Gasteiger partial charge in [0.2, 0.25) is 21.8 Å². The molecule has 1 aromatic carbocycles. The summed E-state index contributed by atoms with van der Waals surface area (Å²) in [5, 5.41) is 6.15. The maximum Gasteiger partial charge on any atom is 0.259 e. The number of ether oxygens (including phenoxy) is 2. The van der Waals surface area contributed by atoms with E-state index in [4.69, 9.17) is 20.9 Å². The quantitative estimate of drug-likeness (QED) is 0.253. The van der Waals surface area contributed by atoms with E-state index in [-0.39, 0.29) is 24.7 Å². The number of nitrogens with one attached hydrogen (secondary N) is 2. The van der Waals surface area contributed by atoms with Crippen LogP contribution in [-0.2, 0) is 24.4 Å². The van der Waals surface area contributed by atoms with Gasteiger partial charge in [0, 0.05) is 47.8 Å². The van der Waals surface area contributed by atoms with Crippen LogP contribution in [-0.4, -0.2) is 78.1 Å². The first-order valence-corrected chi connectivity index (χ1v) is 20.5. The van der Waals surface area contributed by atoms with Gasteiger partial charge in [0.05, 0.1) is 29.4 Å². The third-order valence-electron chi connectivity index (χ3n) is 11.4. The van der Waals surface area contributed by atoms with Gasteiger partial charge in [0.15, 0.2) is 0 Å². The minimum absolute atomic E-state index is 0.126. The summed E-state index contributed by atoms with van der Waals surface area (Å²) >= 11 is 1.38. The van der Waals surface area contributed by atoms with Crippen molar-refractivity contribution in [3.8, 4) is 34.5 Å². The third kappa shape index (κ3) is 7.01. The Morgan fingerprint density at radius 1 is 1.15 bits per heavy atom. The Kier molecular flexibility index (Phi) is 9.78. The number of benzene rings is 1. The predicted molar refractivity (Wildman–Crippen MR) is 202 cm³/mol. The first-order valence-electron chi connectivity index (χ1n) is 18.2. The lowest BCUT2D eigenvalue weighted by atomic mass is 9.76. The first kappa shape index (κ1) is 36.9. The van der Waals surface area contributed by atoms with Crippen LogP contribution in [0.3, 0.4) is 0 Å². The zero-order chi connectivity index (χ0) is 37.7. The van der Waals surface area contributed by atoms with Crippen molar-refractivity contribution in [3.63, 3.8) is 0 Å². The van der Waals surface area contributed by atoms with Crippen molar-refractivity contribution in [1.82, 2.24) is 24.9 Å². The SMILES string of the molecule is C#Cc1csc(-c2cc(O[C@H]3CC[C@H]4C(=O)N(C)CCCC/C=C\[C@H]5C[C@]5(C(=O)NS(=O)(=O)C5(C)CC5)NC(=O)[C@@H]4C3)c3ccc(OC)c(C)c3n2)n1. The average Bonchev–Trinajstić information content (AvgIpc) is 4.01. The van der Waals surface area contributed by atoms with Gasteiger partial charge in [0.25, 0.3) is 5.91 Å². The number of aromatic nitrogens is 2. The van der Waals surface area contributed by atoms with Crippen LogP contribution < -0.4 is 19.5 Å². The molecular formula is C39H45N5O7S2. The van der Waals surface area contributed by atoms with E-state index >= 15 is 0 Å². The normalized spacial score (nSPS) is 27.6. The molecule has 2 aromatic heterocycles. The Morgan fingerprint density at radius 2 is 1.94 bits per heavy atom. The number of allylic oxidation sites excluding steroid dienone is 1. The van der Waals surface area contributed by atoms with Gasteiger partial charge in [-0.1, -0.05) is 12.2 Å². The molecule has 3 aromatic rings. The Balaban J connectivity index is 1.21. The Labute approximate surface area is 314 Å². The largest absolute Gasteiger partial charge is 0.496 e. The zero-order valence-corrected chi connectivity index (χ0v) is 32.1. The van der Waals surface area contributed by atoms with E-state index in [0.717, 1.165) is 30.2 Å². The minimum Gasteiger partial charge on any atom is -0.496 e. The number of nitrogens with zero attached hydrogens (tertiary/aromatic N) is 3. The number of aryl methyl sites for hydroxylation is 1. The number of methoxy groups -OCH3 is 1. The molecule has 5 atom stereocenters. The lowest BCUT2D eigenvalue weighted by Gasteiger charge is -2.37. The van der Waals surface area contributed by atoms with Gasteiger partial charge in [-0.2, -0.15) is 0 Å². The number of terminal acetylenes is 1. The molecule has 3 amide bonds. The molecule has 0 unspecified atom stereocenters. The lowest BCUT2D eigenvalue weighted by Crippen LogP contribution is -2.56. The maximum atomic E-state index is 14.4. The predicted octanol–water partition coefficient (Wildman–Crippen LogP) is 4.89. The summed E-state index contributed by atoms with van der Waals surface area (Å²) in [6.45, 7) is 4.10. The molecule has 12 nitrogen and oxygen atoms in total. The number of carbonyl (C=O) groups is 3. The molecule has 1 aliphatic heterocycles. The summed E-state index contributed by atoms with van der Waals surface area (Å²) in [6, 6.07) is 5.57. The van der Waals surface area contributed by atoms with Gasteiger partial charge in [-0.25, -0.2) is 18.4 Å². The molecule has 4 aliphatic rings. The van der Waals surface area contributed by atoms with Gasteiger partial charge in [-0.3, -0.25) is 19.1 Å². The monoisotopic (exact) mass is 759 g/mol. The molecule has 0 saturated heterocycles. The molecule has 53 heavy (non-hydrogen) atoms. The Hall–Kier alpha value is -4.48. The molecule has 7 rings (SSSR count). The first-order chi connectivity index (χ1) is 25.3. The Morgan fingerprint density at radius 3 is 2.66 bits per heavy atom. The fourth-order valence-corrected chi connectivity index (χ4v) is 9.64. The molecule has 3 fully saturated rings. The molecule has 0 bridgehead atoms. The highest BCUT2D eigenvalue weighted by Crippen LogP contribution is 2.48. The van der Waals surface area contributed by atoms with Crippen molar-refractivity contribution < 1.29 is 32.3 Å². The highest BCUT2D eigenvalue weighted by molar-refractivity contribution is 7.91. The van der Waals surface area contributed by atoms with Crippen molar-refractivity contribution in [2.45, 2.75) is 88.0 Å². The molecule has 0 radical (unpaired) electrons. The molecule has 3 saturated carbocycles. The van der Waals surface area contributed by atoms with Crippen LogP contribution in [0.25, 0.3) is 21.6 Å². The van der Waals surface area contributed by atoms with Crippen molar-refractivity contribution in [2.24, 2.45) is 17.8 Å². The van der Waals surface area contributed by atoms with Crippen LogP contribution in [0.5, 0.6) is 11.5 Å². The standard InChI is InChI=1S/C39H45N5O7S2/c1-6-25-22-52-35(40-25)30-20-32(28-14-15-31(50-5)23(2)33(28)41-30)51-26-12-13-27-29(19-26)34(45)42-39(37(47)43-53(48,49)38(3)16-17-38)21-24(39)11-9-7-8-10-18-44(4)36(27)46/h1,9,11,14-15,20,22,24,26-27,29H,7-8,10,12-13,16-19,21H2,2-5H3,(H,42,45)(H,43,47)/b11-9-/t24-,26-,27+,29+,39-/m0/s1. The molecule has 0 spiro atoms. The number of rotatable bonds is 7. The second kappa shape index (κ2) is 14.1. The number of amides is 3. The number of fused-ring (bicyclic) bond motifs is 3. The average molecular weight is 760 g/mol. The fraction of sp³-hybridized carbons (Fsp3) is 0.513. The van der Waals surface area contributed by atoms with Crippen LogP contribution in [0.4, 0.5) is 0 Å². The summed E-state index contributed by atoms with van der Waals surface area (Å²) < 4.78 is 39.9. The van der Waals surface area contributed by atoms with E-state index in [1.807, 2.05) is 37.3 Å². The smallest absolute Gasteiger partial charge is 0.259 e. The van der Waals surface area contributed by atoms with Crippen LogP contribution in [0.1, 0.15) is 76.0 Å². The van der Waals surface area contributed by atoms with Crippen LogP contribution >= 0.6 is 11.3 Å². The van der Waals surface area contributed by atoms with Crippen LogP contribution in [0.15, 0.2) is 35.7 Å². The molecule has 14 heteroatoms. The summed E-state index contributed by atoms with van der Waals surface area (Å²) in [7, 11) is -0.572. The van der Waals surface area contributed by atoms with Gasteiger partial charge in [0.1, 0.15) is 33.4 Å². The van der Waals surface area contributed by atoms with Gasteiger partial charge >= 0.3 is 0 Å². The summed E-state index contributed by atoms with van der Waals surface area (Å²) in [5.41, 5.74) is 1.14. The molecule has 3 heterocycles. The van der Waals surface area contributed by atoms with Crippen molar-refractivity contribution in [2.75, 3.05) is 20.7 Å². The van der Waals surface area contributed by atoms with Gasteiger partial charge in [-0.15, -0.1) is 17.8 Å². The van der Waals surface area contributed by atoms with Gasteiger partial charge in [-0.05, 0) is 89.7 Å². The maximum absolute atomic E-state index is 14.4. The molecule has 2 N–H and O–H groups in total. The summed E-state index contributed by atoms with van der Waals surface area (Å²) in [5.74, 6) is 0.612. The minimum atomic E-state index is -3.94.